The van der Waals surface area contributed by atoms with E-state index in [4.69, 9.17) is 9.47 Å². The second-order valence-corrected chi connectivity index (χ2v) is 14.7. The maximum absolute atomic E-state index is 14.3. The van der Waals surface area contributed by atoms with E-state index in [-0.39, 0.29) is 55.7 Å². The summed E-state index contributed by atoms with van der Waals surface area (Å²) in [7, 11) is 0. The highest BCUT2D eigenvalue weighted by atomic mass is 16.5. The number of nitrogens with one attached hydrogen (secondary N) is 4. The Morgan fingerprint density at radius 2 is 1.65 bits per heavy atom. The predicted molar refractivity (Wildman–Crippen MR) is 195 cm³/mol. The maximum atomic E-state index is 14.3. The van der Waals surface area contributed by atoms with Crippen LogP contribution in [0.1, 0.15) is 75.8 Å². The molecule has 2 aromatic carbocycles. The number of aromatic nitrogens is 3. The highest BCUT2D eigenvalue weighted by Gasteiger charge is 2.33. The predicted octanol–water partition coefficient (Wildman–Crippen LogP) is 3.20. The van der Waals surface area contributed by atoms with Crippen LogP contribution in [0.5, 0.6) is 5.75 Å². The van der Waals surface area contributed by atoms with Crippen LogP contribution in [0.25, 0.3) is 0 Å². The number of nitrogens with zero attached hydrogens (tertiary/aromatic N) is 3. The molecule has 0 radical (unpaired) electrons. The number of fused-ring (bicyclic) bond motifs is 14. The number of carbonyl (C=O) groups is 4. The van der Waals surface area contributed by atoms with Gasteiger partial charge in [0.1, 0.15) is 36.8 Å². The van der Waals surface area contributed by atoms with E-state index < -0.39 is 29.9 Å². The molecule has 3 aromatic rings. The van der Waals surface area contributed by atoms with E-state index in [9.17, 15) is 19.2 Å². The lowest BCUT2D eigenvalue weighted by Crippen LogP contribution is -2.56. The Kier molecular flexibility index (Phi) is 13.4. The standard InChI is InChI=1S/C39H53N7O6/c1-24(2)19-30-23-52-31-13-11-28(12-14-31)21-32(42-37(48)29-15-17-51-18-16-29)38(49)43-33(20-27-9-7-6-8-10-27)39(50)44-35(25(3)4)36-40-26(5)45-46(36)22-34(47)41-30/h6-14,24-25,29-30,32-33,35H,15-23H2,1-5H3,(H,41,47)(H,42,48)(H,43,49)(H,44,50)/t30-,32-,33-,35-/m0/s1. The molecule has 280 valence electrons. The van der Waals surface area contributed by atoms with Crippen molar-refractivity contribution in [2.24, 2.45) is 17.8 Å². The van der Waals surface area contributed by atoms with Crippen molar-refractivity contribution in [3.8, 4) is 5.75 Å². The molecule has 4 N–H and O–H groups in total. The second-order valence-electron chi connectivity index (χ2n) is 14.7. The van der Waals surface area contributed by atoms with Crippen molar-refractivity contribution >= 4 is 23.6 Å². The van der Waals surface area contributed by atoms with E-state index in [2.05, 4.69) is 45.2 Å². The van der Waals surface area contributed by atoms with Gasteiger partial charge < -0.3 is 30.7 Å². The summed E-state index contributed by atoms with van der Waals surface area (Å²) in [6.45, 7) is 11.0. The van der Waals surface area contributed by atoms with Gasteiger partial charge in [0, 0.05) is 32.0 Å². The van der Waals surface area contributed by atoms with Crippen LogP contribution < -0.4 is 26.0 Å². The molecule has 0 saturated carbocycles. The number of benzene rings is 2. The second kappa shape index (κ2) is 18.1. The molecule has 4 amide bonds. The molecule has 4 atom stereocenters. The molecule has 2 bridgehead atoms. The first-order chi connectivity index (χ1) is 24.9. The molecule has 1 aromatic heterocycles. The normalized spacial score (nSPS) is 22.6. The Bertz CT molecular complexity index is 1650. The summed E-state index contributed by atoms with van der Waals surface area (Å²) in [5, 5.41) is 16.7. The van der Waals surface area contributed by atoms with Crippen molar-refractivity contribution in [2.75, 3.05) is 19.8 Å². The van der Waals surface area contributed by atoms with Gasteiger partial charge in [-0.15, -0.1) is 0 Å². The number of hydrogen-bond donors (Lipinski definition) is 4. The number of hydrogen-bond acceptors (Lipinski definition) is 8. The Labute approximate surface area is 306 Å². The van der Waals surface area contributed by atoms with Crippen LogP contribution in [0, 0.1) is 24.7 Å². The molecule has 1 fully saturated rings. The highest BCUT2D eigenvalue weighted by Crippen LogP contribution is 2.22. The summed E-state index contributed by atoms with van der Waals surface area (Å²) in [6, 6.07) is 14.0. The van der Waals surface area contributed by atoms with Crippen LogP contribution in [0.3, 0.4) is 0 Å². The van der Waals surface area contributed by atoms with Crippen molar-refractivity contribution in [2.45, 2.75) is 97.4 Å². The summed E-state index contributed by atoms with van der Waals surface area (Å²) >= 11 is 0. The number of rotatable bonds is 7. The zero-order chi connectivity index (χ0) is 37.2. The van der Waals surface area contributed by atoms with Gasteiger partial charge in [-0.1, -0.05) is 70.2 Å². The quantitative estimate of drug-likeness (QED) is 0.290. The van der Waals surface area contributed by atoms with Gasteiger partial charge in [0.25, 0.3) is 0 Å². The van der Waals surface area contributed by atoms with E-state index >= 15 is 0 Å². The van der Waals surface area contributed by atoms with Crippen LogP contribution in [0.2, 0.25) is 0 Å². The monoisotopic (exact) mass is 715 g/mol. The fourth-order valence-electron chi connectivity index (χ4n) is 6.69. The first kappa shape index (κ1) is 38.5. The number of carbonyl (C=O) groups excluding carboxylic acids is 4. The fourth-order valence-corrected chi connectivity index (χ4v) is 6.69. The van der Waals surface area contributed by atoms with Crippen molar-refractivity contribution in [1.29, 1.82) is 0 Å². The lowest BCUT2D eigenvalue weighted by molar-refractivity contribution is -0.134. The average molecular weight is 716 g/mol. The molecule has 13 nitrogen and oxygen atoms in total. The lowest BCUT2D eigenvalue weighted by atomic mass is 9.97. The molecule has 6 rings (SSSR count). The molecular formula is C39H53N7O6. The minimum atomic E-state index is -0.988. The SMILES string of the molecule is Cc1nc2n(n1)CC(=O)N[C@@H](CC(C)C)COc1ccc(cc1)C[C@H](NC(=O)C1CCOCC1)C(=O)N[C@@H](Cc1ccccc1)C(=O)N[C@H]2C(C)C. The van der Waals surface area contributed by atoms with E-state index in [0.29, 0.717) is 55.8 Å². The molecule has 1 saturated heterocycles. The molecule has 0 spiro atoms. The van der Waals surface area contributed by atoms with Gasteiger partial charge in [-0.05, 0) is 61.3 Å². The Morgan fingerprint density at radius 3 is 2.33 bits per heavy atom. The minimum absolute atomic E-state index is 0.1000. The van der Waals surface area contributed by atoms with Crippen molar-refractivity contribution in [1.82, 2.24) is 36.0 Å². The Hall–Kier alpha value is -4.78. The minimum Gasteiger partial charge on any atom is -0.491 e. The first-order valence-corrected chi connectivity index (χ1v) is 18.4. The molecule has 4 heterocycles. The molecule has 52 heavy (non-hydrogen) atoms. The van der Waals surface area contributed by atoms with Crippen LogP contribution in [-0.4, -0.2) is 76.3 Å². The maximum Gasteiger partial charge on any atom is 0.243 e. The zero-order valence-corrected chi connectivity index (χ0v) is 30.9. The van der Waals surface area contributed by atoms with Crippen LogP contribution >= 0.6 is 0 Å². The topological polar surface area (TPSA) is 166 Å². The van der Waals surface area contributed by atoms with Crippen LogP contribution in [0.15, 0.2) is 54.6 Å². The lowest BCUT2D eigenvalue weighted by Gasteiger charge is -2.28. The van der Waals surface area contributed by atoms with Crippen molar-refractivity contribution < 1.29 is 28.7 Å². The Morgan fingerprint density at radius 1 is 0.942 bits per heavy atom. The first-order valence-electron chi connectivity index (χ1n) is 18.4. The summed E-state index contributed by atoms with van der Waals surface area (Å²) in [4.78, 5) is 60.1. The van der Waals surface area contributed by atoms with Gasteiger partial charge in [-0.2, -0.15) is 5.10 Å². The van der Waals surface area contributed by atoms with Gasteiger partial charge in [0.2, 0.25) is 23.6 Å². The summed E-state index contributed by atoms with van der Waals surface area (Å²) in [5.74, 6) is 0.0461. The number of amides is 4. The number of ether oxygens (including phenoxy) is 2. The van der Waals surface area contributed by atoms with E-state index in [1.54, 1.807) is 6.92 Å². The molecule has 3 aliphatic rings. The Balaban J connectivity index is 1.51. The summed E-state index contributed by atoms with van der Waals surface area (Å²) in [5.41, 5.74) is 1.66. The van der Waals surface area contributed by atoms with E-state index in [1.165, 1.54) is 4.68 Å². The van der Waals surface area contributed by atoms with E-state index in [0.717, 1.165) is 11.1 Å². The largest absolute Gasteiger partial charge is 0.491 e. The smallest absolute Gasteiger partial charge is 0.243 e. The fraction of sp³-hybridized carbons (Fsp3) is 0.538. The van der Waals surface area contributed by atoms with Gasteiger partial charge in [-0.3, -0.25) is 19.2 Å². The van der Waals surface area contributed by atoms with Crippen LogP contribution in [-0.2, 0) is 43.3 Å². The summed E-state index contributed by atoms with van der Waals surface area (Å²) < 4.78 is 13.1. The third kappa shape index (κ3) is 10.9. The molecule has 0 unspecified atom stereocenters. The van der Waals surface area contributed by atoms with Gasteiger partial charge in [-0.25, -0.2) is 9.67 Å². The van der Waals surface area contributed by atoms with Crippen LogP contribution in [0.4, 0.5) is 0 Å². The van der Waals surface area contributed by atoms with Crippen molar-refractivity contribution in [3.63, 3.8) is 0 Å². The summed E-state index contributed by atoms with van der Waals surface area (Å²) in [6.07, 6.45) is 2.25. The zero-order valence-electron chi connectivity index (χ0n) is 30.9. The van der Waals surface area contributed by atoms with Crippen molar-refractivity contribution in [3.05, 3.63) is 77.4 Å². The third-order valence-electron chi connectivity index (χ3n) is 9.42. The average Bonchev–Trinajstić information content (AvgIpc) is 3.47. The van der Waals surface area contributed by atoms with Gasteiger partial charge >= 0.3 is 0 Å². The third-order valence-corrected chi connectivity index (χ3v) is 9.42. The van der Waals surface area contributed by atoms with E-state index in [1.807, 2.05) is 68.4 Å². The molecule has 13 heteroatoms. The molecule has 0 aliphatic carbocycles. The van der Waals surface area contributed by atoms with Gasteiger partial charge in [0.15, 0.2) is 5.82 Å². The molecular weight excluding hydrogens is 662 g/mol. The molecule has 3 aliphatic heterocycles. The highest BCUT2D eigenvalue weighted by molar-refractivity contribution is 5.93. The van der Waals surface area contributed by atoms with Gasteiger partial charge in [0.05, 0.1) is 12.1 Å². The number of aryl methyl sites for hydroxylation is 1.